The Labute approximate surface area is 147 Å². The Morgan fingerprint density at radius 2 is 1.62 bits per heavy atom. The van der Waals surface area contributed by atoms with Crippen LogP contribution in [0.2, 0.25) is 5.02 Å². The minimum atomic E-state index is -1.03. The van der Waals surface area contributed by atoms with Gasteiger partial charge in [0.15, 0.2) is 11.6 Å². The summed E-state index contributed by atoms with van der Waals surface area (Å²) in [6.45, 7) is 9.08. The van der Waals surface area contributed by atoms with Gasteiger partial charge in [0.2, 0.25) is 0 Å². The molecule has 0 aliphatic carbocycles. The zero-order chi connectivity index (χ0) is 17.7. The quantitative estimate of drug-likeness (QED) is 0.721. The molecular weight excluding hydrogens is 324 g/mol. The molecule has 0 radical (unpaired) electrons. The van der Waals surface area contributed by atoms with Gasteiger partial charge in [0.25, 0.3) is 0 Å². The van der Waals surface area contributed by atoms with E-state index in [9.17, 15) is 5.11 Å². The molecule has 128 valence electrons. The highest BCUT2D eigenvalue weighted by atomic mass is 35.5. The number of aliphatic hydroxyl groups is 1. The van der Waals surface area contributed by atoms with Gasteiger partial charge in [-0.1, -0.05) is 30.4 Å². The smallest absolute Gasteiger partial charge is 0.169 e. The lowest BCUT2D eigenvalue weighted by Gasteiger charge is -2.13. The fourth-order valence-electron chi connectivity index (χ4n) is 2.04. The molecule has 6 heteroatoms. The number of aromatic nitrogens is 2. The Morgan fingerprint density at radius 3 is 2.12 bits per heavy atom. The van der Waals surface area contributed by atoms with Crippen LogP contribution in [0, 0.1) is 11.8 Å². The molecule has 5 nitrogen and oxygen atoms in total. The minimum Gasteiger partial charge on any atom is -0.378 e. The van der Waals surface area contributed by atoms with Crippen LogP contribution in [0.25, 0.3) is 11.0 Å². The van der Waals surface area contributed by atoms with Crippen molar-refractivity contribution >= 4 is 34.3 Å². The summed E-state index contributed by atoms with van der Waals surface area (Å²) in [5.41, 5.74) is 1.00. The maximum absolute atomic E-state index is 10.0. The van der Waals surface area contributed by atoms with E-state index in [0.29, 0.717) is 39.7 Å². The average molecular weight is 347 g/mol. The molecule has 0 aliphatic rings. The van der Waals surface area contributed by atoms with Gasteiger partial charge in [-0.2, -0.15) is 0 Å². The van der Waals surface area contributed by atoms with E-state index >= 15 is 0 Å². The Hall–Kier alpha value is -2.03. The molecule has 1 aromatic carbocycles. The molecule has 24 heavy (non-hydrogen) atoms. The summed E-state index contributed by atoms with van der Waals surface area (Å²) in [4.78, 5) is 9.22. The predicted octanol–water partition coefficient (Wildman–Crippen LogP) is 3.66. The van der Waals surface area contributed by atoms with Gasteiger partial charge >= 0.3 is 0 Å². The summed E-state index contributed by atoms with van der Waals surface area (Å²) in [6.07, 6.45) is 0.543. The Kier molecular flexibility index (Phi) is 5.87. The van der Waals surface area contributed by atoms with Crippen LogP contribution in [0.3, 0.4) is 0 Å². The first-order chi connectivity index (χ1) is 11.4. The Bertz CT molecular complexity index is 793. The number of nitrogens with zero attached hydrogens (tertiary/aromatic N) is 2. The number of anilines is 2. The molecular formula is C18H23ClN4O. The molecule has 0 saturated carbocycles. The Morgan fingerprint density at radius 1 is 1.08 bits per heavy atom. The molecule has 0 fully saturated rings. The van der Waals surface area contributed by atoms with E-state index in [1.165, 1.54) is 0 Å². The number of hydrogen-bond donors (Lipinski definition) is 3. The molecule has 0 aliphatic heterocycles. The summed E-state index contributed by atoms with van der Waals surface area (Å²) < 4.78 is 0. The van der Waals surface area contributed by atoms with Crippen LogP contribution in [0.1, 0.15) is 39.7 Å². The largest absolute Gasteiger partial charge is 0.378 e. The minimum absolute atomic E-state index is 0.495. The fourth-order valence-corrected chi connectivity index (χ4v) is 2.25. The molecule has 0 amide bonds. The van der Waals surface area contributed by atoms with Crippen LogP contribution < -0.4 is 10.6 Å². The summed E-state index contributed by atoms with van der Waals surface area (Å²) in [5.74, 6) is 7.21. The second-order valence-corrected chi connectivity index (χ2v) is 6.09. The molecule has 1 heterocycles. The van der Waals surface area contributed by atoms with E-state index < -0.39 is 5.60 Å². The first-order valence-corrected chi connectivity index (χ1v) is 8.52. The summed E-state index contributed by atoms with van der Waals surface area (Å²) in [6, 6.07) is 3.56. The van der Waals surface area contributed by atoms with Gasteiger partial charge in [0.05, 0.1) is 16.1 Å². The van der Waals surface area contributed by atoms with Crippen molar-refractivity contribution in [2.45, 2.75) is 39.7 Å². The second-order valence-electron chi connectivity index (χ2n) is 5.68. The molecule has 2 aromatic rings. The van der Waals surface area contributed by atoms with Crippen molar-refractivity contribution in [2.75, 3.05) is 23.7 Å². The highest BCUT2D eigenvalue weighted by Crippen LogP contribution is 2.26. The highest BCUT2D eigenvalue weighted by molar-refractivity contribution is 6.32. The lowest BCUT2D eigenvalue weighted by Crippen LogP contribution is -2.19. The van der Waals surface area contributed by atoms with Crippen LogP contribution in [0.4, 0.5) is 11.6 Å². The van der Waals surface area contributed by atoms with Crippen molar-refractivity contribution < 1.29 is 5.11 Å². The number of hydrogen-bond acceptors (Lipinski definition) is 5. The zero-order valence-electron chi connectivity index (χ0n) is 14.5. The van der Waals surface area contributed by atoms with E-state index in [-0.39, 0.29) is 0 Å². The van der Waals surface area contributed by atoms with Crippen molar-refractivity contribution in [1.29, 1.82) is 0 Å². The SMILES string of the molecule is CCNc1nc2cc(Cl)c(C#CC(C)(O)CC)cc2nc1NCC. The molecule has 1 aromatic heterocycles. The first-order valence-electron chi connectivity index (χ1n) is 8.14. The monoisotopic (exact) mass is 346 g/mol. The van der Waals surface area contributed by atoms with Gasteiger partial charge in [-0.3, -0.25) is 0 Å². The van der Waals surface area contributed by atoms with Crippen molar-refractivity contribution in [1.82, 2.24) is 9.97 Å². The van der Waals surface area contributed by atoms with E-state index in [0.717, 1.165) is 13.1 Å². The number of benzene rings is 1. The van der Waals surface area contributed by atoms with E-state index in [1.54, 1.807) is 19.1 Å². The van der Waals surface area contributed by atoms with E-state index in [2.05, 4.69) is 32.4 Å². The maximum atomic E-state index is 10.0. The summed E-state index contributed by atoms with van der Waals surface area (Å²) >= 11 is 6.32. The molecule has 1 atom stereocenters. The zero-order valence-corrected chi connectivity index (χ0v) is 15.3. The standard InChI is InChI=1S/C18H23ClN4O/c1-5-18(4,24)9-8-12-10-14-15(11-13(12)19)23-17(21-7-3)16(22-14)20-6-2/h10-11,24H,5-7H2,1-4H3,(H,20,22)(H,21,23). The first kappa shape index (κ1) is 18.3. The van der Waals surface area contributed by atoms with Crippen molar-refractivity contribution in [3.63, 3.8) is 0 Å². The third-order valence-electron chi connectivity index (χ3n) is 3.60. The van der Waals surface area contributed by atoms with Crippen LogP contribution in [0.5, 0.6) is 0 Å². The van der Waals surface area contributed by atoms with E-state index in [4.69, 9.17) is 11.6 Å². The van der Waals surface area contributed by atoms with Crippen molar-refractivity contribution in [3.8, 4) is 11.8 Å². The second kappa shape index (κ2) is 7.69. The van der Waals surface area contributed by atoms with Crippen molar-refractivity contribution in [3.05, 3.63) is 22.7 Å². The van der Waals surface area contributed by atoms with Crippen LogP contribution in [0.15, 0.2) is 12.1 Å². The third-order valence-corrected chi connectivity index (χ3v) is 3.91. The Balaban J connectivity index is 2.54. The van der Waals surface area contributed by atoms with Gasteiger partial charge < -0.3 is 15.7 Å². The van der Waals surface area contributed by atoms with Crippen LogP contribution in [-0.2, 0) is 0 Å². The van der Waals surface area contributed by atoms with E-state index in [1.807, 2.05) is 20.8 Å². The summed E-state index contributed by atoms with van der Waals surface area (Å²) in [5, 5.41) is 16.9. The lowest BCUT2D eigenvalue weighted by molar-refractivity contribution is 0.118. The lowest BCUT2D eigenvalue weighted by atomic mass is 10.0. The molecule has 2 rings (SSSR count). The molecule has 0 saturated heterocycles. The summed E-state index contributed by atoms with van der Waals surface area (Å²) in [7, 11) is 0. The molecule has 0 spiro atoms. The predicted molar refractivity (Wildman–Crippen MR) is 101 cm³/mol. The van der Waals surface area contributed by atoms with Crippen molar-refractivity contribution in [2.24, 2.45) is 0 Å². The normalized spacial score (nSPS) is 13.1. The number of nitrogens with one attached hydrogen (secondary N) is 2. The third kappa shape index (κ3) is 4.28. The van der Waals surface area contributed by atoms with Crippen LogP contribution >= 0.6 is 11.6 Å². The highest BCUT2D eigenvalue weighted by Gasteiger charge is 2.14. The van der Waals surface area contributed by atoms with Gasteiger partial charge in [-0.15, -0.1) is 0 Å². The topological polar surface area (TPSA) is 70.1 Å². The fraction of sp³-hybridized carbons (Fsp3) is 0.444. The molecule has 3 N–H and O–H groups in total. The maximum Gasteiger partial charge on any atom is 0.169 e. The number of fused-ring (bicyclic) bond motifs is 1. The molecule has 0 bridgehead atoms. The number of halogens is 1. The average Bonchev–Trinajstić information content (AvgIpc) is 2.54. The molecule has 1 unspecified atom stereocenters. The number of rotatable bonds is 5. The van der Waals surface area contributed by atoms with Gasteiger partial charge in [0, 0.05) is 18.7 Å². The van der Waals surface area contributed by atoms with Gasteiger partial charge in [-0.25, -0.2) is 9.97 Å². The van der Waals surface area contributed by atoms with Crippen LogP contribution in [-0.4, -0.2) is 33.8 Å². The van der Waals surface area contributed by atoms with Gasteiger partial charge in [-0.05, 0) is 39.3 Å². The van der Waals surface area contributed by atoms with Gasteiger partial charge in [0.1, 0.15) is 5.60 Å².